The number of benzene rings is 1. The summed E-state index contributed by atoms with van der Waals surface area (Å²) in [6.07, 6.45) is 1.03. The average molecular weight is 423 g/mol. The van der Waals surface area contributed by atoms with E-state index in [1.165, 1.54) is 6.07 Å². The SMILES string of the molecule is O=c1ccc([C@@H](O)[C@H]2CCCN(c3nnnc4cc(N5CCOCC5)ccc34)C2)n[nH]1. The van der Waals surface area contributed by atoms with Gasteiger partial charge in [-0.2, -0.15) is 5.10 Å². The molecule has 2 fully saturated rings. The number of fused-ring (bicyclic) bond motifs is 1. The maximum atomic E-state index is 11.3. The summed E-state index contributed by atoms with van der Waals surface area (Å²) in [7, 11) is 0. The van der Waals surface area contributed by atoms with Gasteiger partial charge in [-0.05, 0) is 42.3 Å². The molecule has 0 unspecified atom stereocenters. The zero-order valence-electron chi connectivity index (χ0n) is 17.1. The number of aromatic amines is 1. The zero-order valence-corrected chi connectivity index (χ0v) is 17.1. The van der Waals surface area contributed by atoms with E-state index in [-0.39, 0.29) is 11.5 Å². The molecule has 10 heteroatoms. The van der Waals surface area contributed by atoms with E-state index in [0.29, 0.717) is 12.2 Å². The fourth-order valence-electron chi connectivity index (χ4n) is 4.43. The monoisotopic (exact) mass is 423 g/mol. The molecule has 2 aromatic heterocycles. The maximum absolute atomic E-state index is 11.3. The third kappa shape index (κ3) is 4.08. The van der Waals surface area contributed by atoms with Crippen LogP contribution in [0.15, 0.2) is 35.1 Å². The van der Waals surface area contributed by atoms with Crippen LogP contribution in [0.1, 0.15) is 24.6 Å². The number of hydrogen-bond acceptors (Lipinski definition) is 9. The predicted molar refractivity (Wildman–Crippen MR) is 115 cm³/mol. The summed E-state index contributed by atoms with van der Waals surface area (Å²) in [6, 6.07) is 9.18. The van der Waals surface area contributed by atoms with Crippen LogP contribution in [0.4, 0.5) is 11.5 Å². The number of piperidine rings is 1. The summed E-state index contributed by atoms with van der Waals surface area (Å²) >= 11 is 0. The third-order valence-corrected chi connectivity index (χ3v) is 6.10. The van der Waals surface area contributed by atoms with Crippen LogP contribution >= 0.6 is 0 Å². The molecular formula is C21H25N7O3. The number of H-pyrrole nitrogens is 1. The third-order valence-electron chi connectivity index (χ3n) is 6.10. The van der Waals surface area contributed by atoms with Crippen molar-refractivity contribution in [3.63, 3.8) is 0 Å². The largest absolute Gasteiger partial charge is 0.386 e. The molecule has 5 rings (SSSR count). The van der Waals surface area contributed by atoms with Crippen LogP contribution < -0.4 is 15.4 Å². The molecule has 2 aliphatic rings. The fraction of sp³-hybridized carbons (Fsp3) is 0.476. The lowest BCUT2D eigenvalue weighted by Crippen LogP contribution is -2.39. The van der Waals surface area contributed by atoms with Gasteiger partial charge >= 0.3 is 0 Å². The van der Waals surface area contributed by atoms with Gasteiger partial charge < -0.3 is 19.6 Å². The summed E-state index contributed by atoms with van der Waals surface area (Å²) in [5.74, 6) is 0.759. The van der Waals surface area contributed by atoms with Gasteiger partial charge in [-0.15, -0.1) is 10.2 Å². The second-order valence-electron chi connectivity index (χ2n) is 8.05. The van der Waals surface area contributed by atoms with Crippen LogP contribution in [0.5, 0.6) is 0 Å². The zero-order chi connectivity index (χ0) is 21.2. The van der Waals surface area contributed by atoms with E-state index in [9.17, 15) is 9.90 Å². The molecule has 0 aliphatic carbocycles. The molecule has 0 bridgehead atoms. The molecule has 0 amide bonds. The molecule has 2 saturated heterocycles. The number of anilines is 2. The Bertz CT molecular complexity index is 1100. The second-order valence-corrected chi connectivity index (χ2v) is 8.05. The first-order chi connectivity index (χ1) is 15.2. The van der Waals surface area contributed by atoms with Crippen LogP contribution in [0.3, 0.4) is 0 Å². The fourth-order valence-corrected chi connectivity index (χ4v) is 4.43. The van der Waals surface area contributed by atoms with Gasteiger partial charge in [0.05, 0.1) is 18.9 Å². The summed E-state index contributed by atoms with van der Waals surface area (Å²) in [4.78, 5) is 15.7. The Morgan fingerprint density at radius 3 is 2.77 bits per heavy atom. The molecule has 2 N–H and O–H groups in total. The highest BCUT2D eigenvalue weighted by atomic mass is 16.5. The number of nitrogens with zero attached hydrogens (tertiary/aromatic N) is 6. The standard InChI is InChI=1S/C21H25N7O3/c29-19-6-5-17(22-24-19)20(30)14-2-1-7-28(13-14)21-16-4-3-15(12-18(16)23-26-25-21)27-8-10-31-11-9-27/h3-6,12,14,20,30H,1-2,7-11,13H2,(H,24,29)/t14-,20-/m0/s1. The summed E-state index contributed by atoms with van der Waals surface area (Å²) in [5, 5.41) is 30.8. The van der Waals surface area contributed by atoms with Crippen LogP contribution in [-0.2, 0) is 4.74 Å². The van der Waals surface area contributed by atoms with Gasteiger partial charge in [0.15, 0.2) is 5.82 Å². The molecule has 0 radical (unpaired) electrons. The van der Waals surface area contributed by atoms with Crippen molar-refractivity contribution < 1.29 is 9.84 Å². The molecule has 2 aliphatic heterocycles. The van der Waals surface area contributed by atoms with E-state index in [0.717, 1.165) is 68.1 Å². The van der Waals surface area contributed by atoms with E-state index in [1.54, 1.807) is 6.07 Å². The molecule has 0 spiro atoms. The smallest absolute Gasteiger partial charge is 0.264 e. The van der Waals surface area contributed by atoms with Gasteiger partial charge in [-0.25, -0.2) is 5.10 Å². The van der Waals surface area contributed by atoms with Crippen molar-refractivity contribution in [1.29, 1.82) is 0 Å². The lowest BCUT2D eigenvalue weighted by molar-refractivity contribution is 0.0931. The molecule has 1 aromatic carbocycles. The van der Waals surface area contributed by atoms with Crippen molar-refractivity contribution >= 4 is 22.4 Å². The number of ether oxygens (including phenoxy) is 1. The molecule has 0 saturated carbocycles. The van der Waals surface area contributed by atoms with Crippen molar-refractivity contribution in [2.75, 3.05) is 49.2 Å². The van der Waals surface area contributed by atoms with Gasteiger partial charge in [0.2, 0.25) is 0 Å². The first kappa shape index (κ1) is 19.8. The van der Waals surface area contributed by atoms with E-state index in [2.05, 4.69) is 53.6 Å². The molecule has 31 heavy (non-hydrogen) atoms. The minimum absolute atomic E-state index is 0.0233. The van der Waals surface area contributed by atoms with Gasteiger partial charge in [0, 0.05) is 49.2 Å². The van der Waals surface area contributed by atoms with Crippen LogP contribution in [0.2, 0.25) is 0 Å². The van der Waals surface area contributed by atoms with Gasteiger partial charge in [0.25, 0.3) is 5.56 Å². The Balaban J connectivity index is 1.39. The Morgan fingerprint density at radius 1 is 1.10 bits per heavy atom. The number of rotatable bonds is 4. The van der Waals surface area contributed by atoms with Crippen LogP contribution in [0, 0.1) is 5.92 Å². The van der Waals surface area contributed by atoms with E-state index in [1.807, 2.05) is 0 Å². The Labute approximate surface area is 178 Å². The molecule has 10 nitrogen and oxygen atoms in total. The Morgan fingerprint density at radius 2 is 1.97 bits per heavy atom. The van der Waals surface area contributed by atoms with E-state index in [4.69, 9.17) is 4.74 Å². The van der Waals surface area contributed by atoms with Crippen LogP contribution in [0.25, 0.3) is 10.9 Å². The first-order valence-corrected chi connectivity index (χ1v) is 10.6. The summed E-state index contributed by atoms with van der Waals surface area (Å²) in [6.45, 7) is 4.64. The number of aliphatic hydroxyl groups is 1. The highest BCUT2D eigenvalue weighted by Gasteiger charge is 2.29. The van der Waals surface area contributed by atoms with Crippen molar-refractivity contribution in [3.8, 4) is 0 Å². The molecule has 4 heterocycles. The molecule has 2 atom stereocenters. The van der Waals surface area contributed by atoms with Gasteiger partial charge in [-0.3, -0.25) is 4.79 Å². The number of aromatic nitrogens is 5. The minimum Gasteiger partial charge on any atom is -0.386 e. The number of aliphatic hydroxyl groups excluding tert-OH is 1. The number of morpholine rings is 1. The van der Waals surface area contributed by atoms with E-state index >= 15 is 0 Å². The van der Waals surface area contributed by atoms with E-state index < -0.39 is 6.10 Å². The van der Waals surface area contributed by atoms with Crippen LogP contribution in [-0.4, -0.2) is 70.1 Å². The summed E-state index contributed by atoms with van der Waals surface area (Å²) < 4.78 is 5.45. The average Bonchev–Trinajstić information content (AvgIpc) is 2.84. The Hall–Kier alpha value is -3.11. The second kappa shape index (κ2) is 8.56. The predicted octanol–water partition coefficient (Wildman–Crippen LogP) is 0.895. The highest BCUT2D eigenvalue weighted by Crippen LogP contribution is 2.33. The first-order valence-electron chi connectivity index (χ1n) is 10.6. The maximum Gasteiger partial charge on any atom is 0.264 e. The highest BCUT2D eigenvalue weighted by molar-refractivity contribution is 5.91. The molecular weight excluding hydrogens is 398 g/mol. The molecule has 3 aromatic rings. The van der Waals surface area contributed by atoms with Gasteiger partial charge in [0.1, 0.15) is 11.6 Å². The number of hydrogen-bond donors (Lipinski definition) is 2. The van der Waals surface area contributed by atoms with Crippen molar-refractivity contribution in [1.82, 2.24) is 25.6 Å². The minimum atomic E-state index is -0.756. The van der Waals surface area contributed by atoms with Crippen molar-refractivity contribution in [2.24, 2.45) is 5.92 Å². The quantitative estimate of drug-likeness (QED) is 0.630. The topological polar surface area (TPSA) is 120 Å². The normalized spacial score (nSPS) is 20.7. The summed E-state index contributed by atoms with van der Waals surface area (Å²) in [5.41, 5.74) is 2.11. The van der Waals surface area contributed by atoms with Gasteiger partial charge in [-0.1, -0.05) is 0 Å². The number of nitrogens with one attached hydrogen (secondary N) is 1. The Kier molecular flexibility index (Phi) is 5.47. The molecule has 162 valence electrons. The lowest BCUT2D eigenvalue weighted by Gasteiger charge is -2.35. The lowest BCUT2D eigenvalue weighted by atomic mass is 9.90. The van der Waals surface area contributed by atoms with Crippen molar-refractivity contribution in [3.05, 3.63) is 46.4 Å². The van der Waals surface area contributed by atoms with Crippen molar-refractivity contribution in [2.45, 2.75) is 18.9 Å².